The van der Waals surface area contributed by atoms with Crippen LogP contribution < -0.4 is 0 Å². The Kier molecular flexibility index (Phi) is 4.67. The number of hydrogen-bond acceptors (Lipinski definition) is 0. The van der Waals surface area contributed by atoms with E-state index >= 15 is 0 Å². The highest BCUT2D eigenvalue weighted by Crippen LogP contribution is 2.53. The van der Waals surface area contributed by atoms with E-state index in [0.717, 1.165) is 0 Å². The van der Waals surface area contributed by atoms with E-state index in [4.69, 9.17) is 0 Å². The summed E-state index contributed by atoms with van der Waals surface area (Å²) in [6, 6.07) is 49.3. The molecule has 8 rings (SSSR count). The molecular formula is C39H28. The molecule has 0 amide bonds. The second-order valence-electron chi connectivity index (χ2n) is 11.3. The number of hydrogen-bond donors (Lipinski definition) is 0. The molecule has 7 aromatic carbocycles. The molecule has 0 atom stereocenters. The fourth-order valence-electron chi connectivity index (χ4n) is 6.94. The largest absolute Gasteiger partial charge is 0.0622 e. The minimum Gasteiger partial charge on any atom is -0.0622 e. The lowest BCUT2D eigenvalue weighted by Crippen LogP contribution is -2.23. The van der Waals surface area contributed by atoms with Gasteiger partial charge in [0.2, 0.25) is 0 Å². The number of fused-ring (bicyclic) bond motifs is 5. The average molecular weight is 497 g/mol. The van der Waals surface area contributed by atoms with Crippen molar-refractivity contribution in [2.45, 2.75) is 19.3 Å². The van der Waals surface area contributed by atoms with Crippen molar-refractivity contribution < 1.29 is 0 Å². The Hall–Kier alpha value is -4.68. The number of rotatable bonds is 2. The molecule has 0 aliphatic heterocycles. The van der Waals surface area contributed by atoms with Crippen LogP contribution in [0.5, 0.6) is 0 Å². The third kappa shape index (κ3) is 3.18. The molecule has 184 valence electrons. The average Bonchev–Trinajstić information content (AvgIpc) is 2.99. The Balaban J connectivity index is 1.44. The summed E-state index contributed by atoms with van der Waals surface area (Å²) in [5.74, 6) is 0. The predicted molar refractivity (Wildman–Crippen MR) is 167 cm³/mol. The van der Waals surface area contributed by atoms with Crippen molar-refractivity contribution in [3.63, 3.8) is 0 Å². The molecule has 0 nitrogen and oxygen atoms in total. The summed E-state index contributed by atoms with van der Waals surface area (Å²) in [6.07, 6.45) is 0. The van der Waals surface area contributed by atoms with Crippen molar-refractivity contribution in [3.8, 4) is 33.4 Å². The highest BCUT2D eigenvalue weighted by molar-refractivity contribution is 6.24. The van der Waals surface area contributed by atoms with Gasteiger partial charge in [-0.25, -0.2) is 0 Å². The van der Waals surface area contributed by atoms with Gasteiger partial charge in [-0.1, -0.05) is 135 Å². The zero-order chi connectivity index (χ0) is 26.1. The standard InChI is InChI=1S/C39H28/c1-39(2)34-17-9-8-15-32(34)37-31-14-7-6-13-30(31)36(33-16-10-18-35(39)38(33)37)29-22-21-27-23-26(19-20-28(27)24-29)25-11-4-3-5-12-25/h3-24H,1-2H3. The first kappa shape index (κ1) is 22.3. The Morgan fingerprint density at radius 2 is 1.00 bits per heavy atom. The first-order valence-electron chi connectivity index (χ1n) is 13.8. The molecule has 0 N–H and O–H groups in total. The van der Waals surface area contributed by atoms with Crippen molar-refractivity contribution >= 4 is 32.3 Å². The molecule has 0 bridgehead atoms. The van der Waals surface area contributed by atoms with E-state index in [1.165, 1.54) is 76.8 Å². The maximum Gasteiger partial charge on any atom is 0.0159 e. The monoisotopic (exact) mass is 496 g/mol. The van der Waals surface area contributed by atoms with Crippen molar-refractivity contribution in [1.29, 1.82) is 0 Å². The van der Waals surface area contributed by atoms with E-state index in [2.05, 4.69) is 147 Å². The summed E-state index contributed by atoms with van der Waals surface area (Å²) in [7, 11) is 0. The molecule has 0 fully saturated rings. The van der Waals surface area contributed by atoms with Crippen LogP contribution in [0.1, 0.15) is 25.0 Å². The number of benzene rings is 7. The van der Waals surface area contributed by atoms with Gasteiger partial charge in [-0.15, -0.1) is 0 Å². The van der Waals surface area contributed by atoms with Crippen LogP contribution in [0.3, 0.4) is 0 Å². The highest BCUT2D eigenvalue weighted by atomic mass is 14.4. The van der Waals surface area contributed by atoms with Crippen molar-refractivity contribution in [3.05, 3.63) is 145 Å². The van der Waals surface area contributed by atoms with E-state index < -0.39 is 0 Å². The molecule has 7 aromatic rings. The zero-order valence-electron chi connectivity index (χ0n) is 22.2. The molecule has 0 aromatic heterocycles. The molecule has 0 unspecified atom stereocenters. The summed E-state index contributed by atoms with van der Waals surface area (Å²) in [6.45, 7) is 4.75. The molecule has 1 aliphatic carbocycles. The molecule has 0 heteroatoms. The van der Waals surface area contributed by atoms with E-state index in [0.29, 0.717) is 0 Å². The SMILES string of the molecule is CC1(C)c2ccccc2-c2c3ccccc3c(-c3ccc4cc(-c5ccccc5)ccc4c3)c3cccc1c23. The van der Waals surface area contributed by atoms with Gasteiger partial charge in [0.15, 0.2) is 0 Å². The van der Waals surface area contributed by atoms with Gasteiger partial charge in [0, 0.05) is 5.41 Å². The highest BCUT2D eigenvalue weighted by Gasteiger charge is 2.34. The Bertz CT molecular complexity index is 2080. The predicted octanol–water partition coefficient (Wildman–Crippen LogP) is 10.8. The quantitative estimate of drug-likeness (QED) is 0.209. The van der Waals surface area contributed by atoms with E-state index in [-0.39, 0.29) is 5.41 Å². The molecule has 39 heavy (non-hydrogen) atoms. The molecular weight excluding hydrogens is 468 g/mol. The van der Waals surface area contributed by atoms with Gasteiger partial charge in [0.25, 0.3) is 0 Å². The Morgan fingerprint density at radius 3 is 1.79 bits per heavy atom. The second kappa shape index (κ2) is 8.16. The van der Waals surface area contributed by atoms with Gasteiger partial charge in [-0.3, -0.25) is 0 Å². The summed E-state index contributed by atoms with van der Waals surface area (Å²) in [5.41, 5.74) is 10.6. The molecule has 0 saturated heterocycles. The summed E-state index contributed by atoms with van der Waals surface area (Å²) in [5, 5.41) is 7.91. The van der Waals surface area contributed by atoms with Crippen molar-refractivity contribution in [2.24, 2.45) is 0 Å². The molecule has 1 aliphatic rings. The van der Waals surface area contributed by atoms with Gasteiger partial charge in [0.05, 0.1) is 0 Å². The molecule has 0 saturated carbocycles. The normalized spacial score (nSPS) is 13.6. The fourth-order valence-corrected chi connectivity index (χ4v) is 6.94. The van der Waals surface area contributed by atoms with Crippen LogP contribution in [-0.2, 0) is 5.41 Å². The smallest absolute Gasteiger partial charge is 0.0159 e. The summed E-state index contributed by atoms with van der Waals surface area (Å²) in [4.78, 5) is 0. The summed E-state index contributed by atoms with van der Waals surface area (Å²) < 4.78 is 0. The maximum absolute atomic E-state index is 2.38. The van der Waals surface area contributed by atoms with Crippen LogP contribution in [0.2, 0.25) is 0 Å². The van der Waals surface area contributed by atoms with Crippen LogP contribution in [0, 0.1) is 0 Å². The van der Waals surface area contributed by atoms with Crippen LogP contribution in [0.4, 0.5) is 0 Å². The lowest BCUT2D eigenvalue weighted by molar-refractivity contribution is 0.645. The Labute approximate surface area is 229 Å². The van der Waals surface area contributed by atoms with E-state index in [1.54, 1.807) is 0 Å². The second-order valence-corrected chi connectivity index (χ2v) is 11.3. The van der Waals surface area contributed by atoms with E-state index in [9.17, 15) is 0 Å². The molecule has 0 spiro atoms. The van der Waals surface area contributed by atoms with Gasteiger partial charge in [-0.05, 0) is 89.0 Å². The van der Waals surface area contributed by atoms with Gasteiger partial charge in [-0.2, -0.15) is 0 Å². The van der Waals surface area contributed by atoms with Gasteiger partial charge >= 0.3 is 0 Å². The zero-order valence-corrected chi connectivity index (χ0v) is 22.2. The third-order valence-electron chi connectivity index (χ3n) is 8.83. The third-order valence-corrected chi connectivity index (χ3v) is 8.83. The maximum atomic E-state index is 2.38. The first-order valence-corrected chi connectivity index (χ1v) is 13.8. The Morgan fingerprint density at radius 1 is 0.410 bits per heavy atom. The van der Waals surface area contributed by atoms with Crippen LogP contribution in [-0.4, -0.2) is 0 Å². The van der Waals surface area contributed by atoms with Crippen LogP contribution in [0.15, 0.2) is 133 Å². The lowest BCUT2D eigenvalue weighted by Gasteiger charge is -2.36. The topological polar surface area (TPSA) is 0 Å². The van der Waals surface area contributed by atoms with E-state index in [1.807, 2.05) is 0 Å². The summed E-state index contributed by atoms with van der Waals surface area (Å²) >= 11 is 0. The minimum atomic E-state index is -0.0694. The van der Waals surface area contributed by atoms with Crippen LogP contribution in [0.25, 0.3) is 65.7 Å². The lowest BCUT2D eigenvalue weighted by atomic mass is 9.67. The van der Waals surface area contributed by atoms with Gasteiger partial charge < -0.3 is 0 Å². The molecule has 0 heterocycles. The van der Waals surface area contributed by atoms with Crippen molar-refractivity contribution in [1.82, 2.24) is 0 Å². The first-order chi connectivity index (χ1) is 19.1. The fraction of sp³-hybridized carbons (Fsp3) is 0.0769. The van der Waals surface area contributed by atoms with Crippen LogP contribution >= 0.6 is 0 Å². The van der Waals surface area contributed by atoms with Gasteiger partial charge in [0.1, 0.15) is 0 Å². The molecule has 0 radical (unpaired) electrons. The minimum absolute atomic E-state index is 0.0694. The van der Waals surface area contributed by atoms with Crippen molar-refractivity contribution in [2.75, 3.05) is 0 Å².